The van der Waals surface area contributed by atoms with Gasteiger partial charge < -0.3 is 10.5 Å². The van der Waals surface area contributed by atoms with Gasteiger partial charge in [0.2, 0.25) is 0 Å². The Kier molecular flexibility index (Phi) is 6.11. The highest BCUT2D eigenvalue weighted by Crippen LogP contribution is 2.42. The SMILES string of the molecule is Cn1ncc(-c2ccc3c(=O)[nH]nc(CN)c3c2)c1-c1c(F)c(Cl)cc(C2CCCCO2)c1C#N. The fraction of sp³-hybridized carbons (Fsp3) is 0.280. The van der Waals surface area contributed by atoms with Crippen LogP contribution >= 0.6 is 11.6 Å². The molecule has 0 saturated carbocycles. The number of nitrogens with one attached hydrogen (secondary N) is 1. The van der Waals surface area contributed by atoms with Crippen molar-refractivity contribution >= 4 is 22.4 Å². The number of H-pyrrole nitrogens is 1. The lowest BCUT2D eigenvalue weighted by Crippen LogP contribution is -2.14. The molecule has 4 aromatic rings. The molecule has 1 saturated heterocycles. The van der Waals surface area contributed by atoms with Crippen molar-refractivity contribution in [2.24, 2.45) is 12.8 Å². The minimum Gasteiger partial charge on any atom is -0.373 e. The van der Waals surface area contributed by atoms with Crippen LogP contribution in [0.4, 0.5) is 4.39 Å². The summed E-state index contributed by atoms with van der Waals surface area (Å²) in [5, 5.41) is 21.9. The van der Waals surface area contributed by atoms with Gasteiger partial charge in [0, 0.05) is 36.7 Å². The molecule has 2 aromatic carbocycles. The Labute approximate surface area is 205 Å². The zero-order valence-electron chi connectivity index (χ0n) is 18.9. The summed E-state index contributed by atoms with van der Waals surface area (Å²) in [7, 11) is 1.68. The number of ether oxygens (including phenoxy) is 1. The van der Waals surface area contributed by atoms with Crippen LogP contribution in [-0.2, 0) is 18.3 Å². The molecule has 0 bridgehead atoms. The number of rotatable bonds is 4. The maximum absolute atomic E-state index is 15.6. The van der Waals surface area contributed by atoms with Crippen LogP contribution in [0.25, 0.3) is 33.2 Å². The quantitative estimate of drug-likeness (QED) is 0.436. The average Bonchev–Trinajstić information content (AvgIpc) is 3.26. The lowest BCUT2D eigenvalue weighted by Gasteiger charge is -2.25. The molecule has 8 nitrogen and oxygen atoms in total. The van der Waals surface area contributed by atoms with Gasteiger partial charge in [-0.25, -0.2) is 9.49 Å². The van der Waals surface area contributed by atoms with Crippen LogP contribution in [0, 0.1) is 17.1 Å². The number of aromatic amines is 1. The molecule has 0 amide bonds. The van der Waals surface area contributed by atoms with Gasteiger partial charge >= 0.3 is 0 Å². The van der Waals surface area contributed by atoms with Crippen molar-refractivity contribution in [3.05, 3.63) is 68.5 Å². The molecule has 3 N–H and O–H groups in total. The van der Waals surface area contributed by atoms with Gasteiger partial charge in [-0.3, -0.25) is 9.48 Å². The van der Waals surface area contributed by atoms with Crippen molar-refractivity contribution in [1.29, 1.82) is 5.26 Å². The first-order valence-electron chi connectivity index (χ1n) is 11.2. The highest BCUT2D eigenvalue weighted by Gasteiger charge is 2.29. The van der Waals surface area contributed by atoms with Crippen LogP contribution in [0.15, 0.2) is 35.3 Å². The second-order valence-corrected chi connectivity index (χ2v) is 8.88. The zero-order chi connectivity index (χ0) is 24.7. The van der Waals surface area contributed by atoms with Gasteiger partial charge in [0.05, 0.1) is 45.2 Å². The van der Waals surface area contributed by atoms with E-state index in [0.29, 0.717) is 45.5 Å². The smallest absolute Gasteiger partial charge is 0.272 e. The predicted octanol–water partition coefficient (Wildman–Crippen LogP) is 4.36. The summed E-state index contributed by atoms with van der Waals surface area (Å²) >= 11 is 6.34. The molecule has 1 unspecified atom stereocenters. The molecule has 35 heavy (non-hydrogen) atoms. The van der Waals surface area contributed by atoms with E-state index in [-0.39, 0.29) is 34.4 Å². The van der Waals surface area contributed by atoms with E-state index in [1.165, 1.54) is 10.7 Å². The van der Waals surface area contributed by atoms with Crippen molar-refractivity contribution < 1.29 is 9.13 Å². The molecule has 178 valence electrons. The highest BCUT2D eigenvalue weighted by atomic mass is 35.5. The second kappa shape index (κ2) is 9.23. The van der Waals surface area contributed by atoms with Crippen molar-refractivity contribution in [2.75, 3.05) is 6.61 Å². The van der Waals surface area contributed by atoms with Crippen LogP contribution in [0.2, 0.25) is 5.02 Å². The zero-order valence-corrected chi connectivity index (χ0v) is 19.7. The number of aryl methyl sites for hydroxylation is 1. The molecule has 0 spiro atoms. The molecule has 0 aliphatic carbocycles. The first kappa shape index (κ1) is 23.2. The maximum Gasteiger partial charge on any atom is 0.272 e. The van der Waals surface area contributed by atoms with E-state index in [1.807, 2.05) is 0 Å². The molecule has 1 atom stereocenters. The molecule has 1 fully saturated rings. The summed E-state index contributed by atoms with van der Waals surface area (Å²) < 4.78 is 23.0. The van der Waals surface area contributed by atoms with Gasteiger partial charge in [-0.05, 0) is 43.0 Å². The van der Waals surface area contributed by atoms with Crippen molar-refractivity contribution in [2.45, 2.75) is 31.9 Å². The molecule has 10 heteroatoms. The standard InChI is InChI=1S/C25H22ClFN6O2/c1-33-24(22-17(10-28)16(9-19(26)23(22)27)21-4-2-3-7-35-21)18(12-30-33)13-5-6-14-15(8-13)20(11-29)31-32-25(14)34/h5-6,8-9,12,21H,2-4,7,11,29H2,1H3,(H,32,34). The Morgan fingerprint density at radius 3 is 2.89 bits per heavy atom. The summed E-state index contributed by atoms with van der Waals surface area (Å²) in [6.07, 6.45) is 3.87. The molecule has 5 rings (SSSR count). The van der Waals surface area contributed by atoms with E-state index < -0.39 is 5.82 Å². The monoisotopic (exact) mass is 492 g/mol. The number of nitrogens with two attached hydrogens (primary N) is 1. The van der Waals surface area contributed by atoms with Crippen LogP contribution in [0.3, 0.4) is 0 Å². The topological polar surface area (TPSA) is 123 Å². The maximum atomic E-state index is 15.6. The molecular formula is C25H22ClFN6O2. The number of nitrogens with zero attached hydrogens (tertiary/aromatic N) is 4. The van der Waals surface area contributed by atoms with Gasteiger partial charge in [-0.2, -0.15) is 15.5 Å². The summed E-state index contributed by atoms with van der Waals surface area (Å²) in [5.74, 6) is -0.700. The van der Waals surface area contributed by atoms with Gasteiger partial charge in [0.15, 0.2) is 5.82 Å². The van der Waals surface area contributed by atoms with Gasteiger partial charge in [-0.1, -0.05) is 17.7 Å². The van der Waals surface area contributed by atoms with Crippen LogP contribution in [0.5, 0.6) is 0 Å². The van der Waals surface area contributed by atoms with E-state index in [0.717, 1.165) is 19.3 Å². The van der Waals surface area contributed by atoms with Crippen LogP contribution in [-0.4, -0.2) is 26.6 Å². The summed E-state index contributed by atoms with van der Waals surface area (Å²) in [5.41, 5.74) is 8.47. The summed E-state index contributed by atoms with van der Waals surface area (Å²) in [4.78, 5) is 12.3. The molecule has 1 aliphatic heterocycles. The third kappa shape index (κ3) is 3.90. The average molecular weight is 493 g/mol. The van der Waals surface area contributed by atoms with Crippen molar-refractivity contribution in [1.82, 2.24) is 20.0 Å². The summed E-state index contributed by atoms with van der Waals surface area (Å²) in [6, 6.07) is 8.87. The lowest BCUT2D eigenvalue weighted by molar-refractivity contribution is 0.0148. The molecule has 1 aliphatic rings. The Hall–Kier alpha value is -3.58. The van der Waals surface area contributed by atoms with Gasteiger partial charge in [0.25, 0.3) is 5.56 Å². The van der Waals surface area contributed by atoms with E-state index in [9.17, 15) is 10.1 Å². The number of hydrogen-bond donors (Lipinski definition) is 2. The van der Waals surface area contributed by atoms with Crippen molar-refractivity contribution in [3.63, 3.8) is 0 Å². The first-order chi connectivity index (χ1) is 16.9. The van der Waals surface area contributed by atoms with Gasteiger partial charge in [-0.15, -0.1) is 0 Å². The largest absolute Gasteiger partial charge is 0.373 e. The Morgan fingerprint density at radius 2 is 2.17 bits per heavy atom. The van der Waals surface area contributed by atoms with Gasteiger partial charge in [0.1, 0.15) is 6.07 Å². The Balaban J connectivity index is 1.76. The number of nitriles is 1. The number of aromatic nitrogens is 4. The molecule has 3 heterocycles. The van der Waals surface area contributed by atoms with Crippen LogP contribution < -0.4 is 11.3 Å². The second-order valence-electron chi connectivity index (χ2n) is 8.47. The summed E-state index contributed by atoms with van der Waals surface area (Å²) in [6.45, 7) is 0.702. The van der Waals surface area contributed by atoms with E-state index >= 15 is 4.39 Å². The lowest BCUT2D eigenvalue weighted by atomic mass is 9.90. The minimum absolute atomic E-state index is 0.0716. The first-order valence-corrected chi connectivity index (χ1v) is 11.6. The van der Waals surface area contributed by atoms with E-state index in [2.05, 4.69) is 21.4 Å². The molecular weight excluding hydrogens is 471 g/mol. The van der Waals surface area contributed by atoms with Crippen molar-refractivity contribution in [3.8, 4) is 28.5 Å². The highest BCUT2D eigenvalue weighted by molar-refractivity contribution is 6.31. The molecule has 2 aromatic heterocycles. The number of hydrogen-bond acceptors (Lipinski definition) is 6. The number of halogens is 2. The molecule has 0 radical (unpaired) electrons. The third-order valence-corrected chi connectivity index (χ3v) is 6.71. The third-order valence-electron chi connectivity index (χ3n) is 6.44. The number of fused-ring (bicyclic) bond motifs is 1. The van der Waals surface area contributed by atoms with E-state index in [4.69, 9.17) is 22.1 Å². The Bertz CT molecular complexity index is 1550. The predicted molar refractivity (Wildman–Crippen MR) is 130 cm³/mol. The Morgan fingerprint density at radius 1 is 1.34 bits per heavy atom. The van der Waals surface area contributed by atoms with E-state index in [1.54, 1.807) is 31.4 Å². The van der Waals surface area contributed by atoms with Crippen LogP contribution in [0.1, 0.15) is 42.2 Å². The number of benzene rings is 2. The fourth-order valence-electron chi connectivity index (χ4n) is 4.72. The minimum atomic E-state index is -0.700. The normalized spacial score (nSPS) is 15.9. The fourth-order valence-corrected chi connectivity index (χ4v) is 4.93.